The molecule has 0 saturated carbocycles. The molecule has 0 aliphatic carbocycles. The predicted octanol–water partition coefficient (Wildman–Crippen LogP) is 3.88. The third kappa shape index (κ3) is 4.42. The monoisotopic (exact) mass is 454 g/mol. The molecule has 10 heteroatoms. The first-order valence-electron chi connectivity index (χ1n) is 10.5. The summed E-state index contributed by atoms with van der Waals surface area (Å²) < 4.78 is 35.8. The highest BCUT2D eigenvalue weighted by atomic mass is 32.2. The lowest BCUT2D eigenvalue weighted by atomic mass is 10.1. The van der Waals surface area contributed by atoms with Crippen LogP contribution in [0.3, 0.4) is 0 Å². The summed E-state index contributed by atoms with van der Waals surface area (Å²) in [5, 5.41) is 12.5. The molecule has 4 rings (SSSR count). The molecule has 0 saturated heterocycles. The molecule has 168 valence electrons. The van der Waals surface area contributed by atoms with E-state index < -0.39 is 16.1 Å². The van der Waals surface area contributed by atoms with Crippen molar-refractivity contribution in [3.63, 3.8) is 0 Å². The van der Waals surface area contributed by atoms with Crippen LogP contribution in [0.2, 0.25) is 0 Å². The fourth-order valence-corrected chi connectivity index (χ4v) is 4.73. The second kappa shape index (κ2) is 8.79. The van der Waals surface area contributed by atoms with Crippen molar-refractivity contribution in [1.29, 1.82) is 0 Å². The highest BCUT2D eigenvalue weighted by Crippen LogP contribution is 2.27. The van der Waals surface area contributed by atoms with E-state index in [0.717, 1.165) is 35.1 Å². The number of aromatic nitrogens is 5. The van der Waals surface area contributed by atoms with Gasteiger partial charge in [-0.1, -0.05) is 48.8 Å². The van der Waals surface area contributed by atoms with Gasteiger partial charge in [0.05, 0.1) is 10.4 Å². The van der Waals surface area contributed by atoms with E-state index in [4.69, 9.17) is 4.52 Å². The van der Waals surface area contributed by atoms with E-state index in [9.17, 15) is 8.42 Å². The van der Waals surface area contributed by atoms with Crippen molar-refractivity contribution in [2.75, 3.05) is 0 Å². The molecule has 0 spiro atoms. The lowest BCUT2D eigenvalue weighted by molar-refractivity contribution is 0.311. The number of rotatable bonds is 8. The number of nitrogens with zero attached hydrogens (tertiary/aromatic N) is 5. The number of nitrogens with one attached hydrogen (secondary N) is 1. The van der Waals surface area contributed by atoms with E-state index in [1.165, 1.54) is 0 Å². The van der Waals surface area contributed by atoms with Crippen LogP contribution < -0.4 is 4.72 Å². The molecule has 4 aromatic rings. The van der Waals surface area contributed by atoms with E-state index in [2.05, 4.69) is 32.1 Å². The molecule has 0 aliphatic heterocycles. The summed E-state index contributed by atoms with van der Waals surface area (Å²) in [6.07, 6.45) is 0.962. The third-order valence-electron chi connectivity index (χ3n) is 5.20. The molecule has 1 N–H and O–H groups in total. The van der Waals surface area contributed by atoms with Gasteiger partial charge in [0.15, 0.2) is 0 Å². The van der Waals surface area contributed by atoms with E-state index in [-0.39, 0.29) is 16.7 Å². The number of sulfonamides is 1. The number of fused-ring (bicyclic) bond motifs is 1. The van der Waals surface area contributed by atoms with Crippen molar-refractivity contribution in [2.24, 2.45) is 5.92 Å². The van der Waals surface area contributed by atoms with Crippen molar-refractivity contribution in [1.82, 2.24) is 29.9 Å². The molecule has 2 aromatic carbocycles. The van der Waals surface area contributed by atoms with Crippen LogP contribution in [0.15, 0.2) is 51.9 Å². The van der Waals surface area contributed by atoms with E-state index in [0.29, 0.717) is 5.82 Å². The molecule has 0 amide bonds. The SMILES string of the molecule is CCCn1nnc2cc(-c3noc([C@H](NS(=O)(=O)c4ccc(C)cc4)C(C)C)n3)ccc21. The van der Waals surface area contributed by atoms with Gasteiger partial charge in [0.2, 0.25) is 21.7 Å². The predicted molar refractivity (Wildman–Crippen MR) is 120 cm³/mol. The molecule has 2 heterocycles. The van der Waals surface area contributed by atoms with Crippen molar-refractivity contribution in [2.45, 2.75) is 51.6 Å². The maximum Gasteiger partial charge on any atom is 0.245 e. The standard InChI is InChI=1S/C22H26N6O3S/c1-5-12-28-19-11-8-16(13-18(19)24-27-28)21-23-22(31-25-21)20(14(2)3)26-32(29,30)17-9-6-15(4)7-10-17/h6-11,13-14,20,26H,5,12H2,1-4H3/t20-/m1/s1. The molecular weight excluding hydrogens is 428 g/mol. The van der Waals surface area contributed by atoms with Crippen molar-refractivity contribution in [3.05, 3.63) is 53.9 Å². The largest absolute Gasteiger partial charge is 0.337 e. The van der Waals surface area contributed by atoms with Gasteiger partial charge in [-0.3, -0.25) is 0 Å². The van der Waals surface area contributed by atoms with Crippen LogP contribution >= 0.6 is 0 Å². The Morgan fingerprint density at radius 1 is 1.12 bits per heavy atom. The zero-order valence-electron chi connectivity index (χ0n) is 18.5. The number of aryl methyl sites for hydroxylation is 2. The Balaban J connectivity index is 1.61. The van der Waals surface area contributed by atoms with Crippen molar-refractivity contribution in [3.8, 4) is 11.4 Å². The molecule has 0 fully saturated rings. The molecule has 0 unspecified atom stereocenters. The first-order valence-corrected chi connectivity index (χ1v) is 12.0. The quantitative estimate of drug-likeness (QED) is 0.429. The van der Waals surface area contributed by atoms with Crippen LogP contribution in [-0.4, -0.2) is 33.6 Å². The van der Waals surface area contributed by atoms with Gasteiger partial charge in [0.25, 0.3) is 0 Å². The van der Waals surface area contributed by atoms with Gasteiger partial charge in [0, 0.05) is 12.1 Å². The van der Waals surface area contributed by atoms with Gasteiger partial charge < -0.3 is 4.52 Å². The third-order valence-corrected chi connectivity index (χ3v) is 6.65. The smallest absolute Gasteiger partial charge is 0.245 e. The maximum atomic E-state index is 12.9. The van der Waals surface area contributed by atoms with Crippen LogP contribution in [0.25, 0.3) is 22.4 Å². The summed E-state index contributed by atoms with van der Waals surface area (Å²) in [5.41, 5.74) is 3.38. The molecule has 2 aromatic heterocycles. The minimum atomic E-state index is -3.76. The van der Waals surface area contributed by atoms with Gasteiger partial charge in [0.1, 0.15) is 11.6 Å². The number of hydrogen-bond donors (Lipinski definition) is 1. The highest BCUT2D eigenvalue weighted by molar-refractivity contribution is 7.89. The maximum absolute atomic E-state index is 12.9. The lowest BCUT2D eigenvalue weighted by Crippen LogP contribution is -2.32. The topological polar surface area (TPSA) is 116 Å². The molecular formula is C22H26N6O3S. The molecule has 0 radical (unpaired) electrons. The van der Waals surface area contributed by atoms with Crippen LogP contribution in [-0.2, 0) is 16.6 Å². The van der Waals surface area contributed by atoms with Crippen molar-refractivity contribution >= 4 is 21.1 Å². The van der Waals surface area contributed by atoms with Crippen LogP contribution in [0, 0.1) is 12.8 Å². The summed E-state index contributed by atoms with van der Waals surface area (Å²) >= 11 is 0. The van der Waals surface area contributed by atoms with E-state index >= 15 is 0 Å². The number of hydrogen-bond acceptors (Lipinski definition) is 7. The second-order valence-electron chi connectivity index (χ2n) is 8.13. The Bertz CT molecular complexity index is 1330. The Labute approximate surface area is 186 Å². The summed E-state index contributed by atoms with van der Waals surface area (Å²) in [6, 6.07) is 11.7. The zero-order chi connectivity index (χ0) is 22.9. The summed E-state index contributed by atoms with van der Waals surface area (Å²) in [7, 11) is -3.76. The van der Waals surface area contributed by atoms with Gasteiger partial charge in [-0.15, -0.1) is 5.10 Å². The Hall–Kier alpha value is -3.11. The van der Waals surface area contributed by atoms with Gasteiger partial charge in [-0.25, -0.2) is 13.1 Å². The number of benzene rings is 2. The molecule has 0 aliphatic rings. The first kappa shape index (κ1) is 22.1. The Morgan fingerprint density at radius 2 is 1.88 bits per heavy atom. The molecule has 32 heavy (non-hydrogen) atoms. The van der Waals surface area contributed by atoms with Crippen LogP contribution in [0.1, 0.15) is 44.7 Å². The fourth-order valence-electron chi connectivity index (χ4n) is 3.39. The average Bonchev–Trinajstić information content (AvgIpc) is 3.40. The highest BCUT2D eigenvalue weighted by Gasteiger charge is 2.29. The van der Waals surface area contributed by atoms with Crippen LogP contribution in [0.5, 0.6) is 0 Å². The molecule has 9 nitrogen and oxygen atoms in total. The summed E-state index contributed by atoms with van der Waals surface area (Å²) in [5.74, 6) is 0.465. The second-order valence-corrected chi connectivity index (χ2v) is 9.84. The summed E-state index contributed by atoms with van der Waals surface area (Å²) in [4.78, 5) is 4.67. The fraction of sp³-hybridized carbons (Fsp3) is 0.364. The van der Waals surface area contributed by atoms with E-state index in [1.807, 2.05) is 43.7 Å². The minimum Gasteiger partial charge on any atom is -0.337 e. The Kier molecular flexibility index (Phi) is 6.07. The van der Waals surface area contributed by atoms with Gasteiger partial charge in [-0.05, 0) is 49.6 Å². The summed E-state index contributed by atoms with van der Waals surface area (Å²) in [6.45, 7) is 8.57. The molecule has 1 atom stereocenters. The van der Waals surface area contributed by atoms with Crippen LogP contribution in [0.4, 0.5) is 0 Å². The van der Waals surface area contributed by atoms with Gasteiger partial charge >= 0.3 is 0 Å². The lowest BCUT2D eigenvalue weighted by Gasteiger charge is -2.18. The van der Waals surface area contributed by atoms with E-state index in [1.54, 1.807) is 24.3 Å². The zero-order valence-corrected chi connectivity index (χ0v) is 19.3. The average molecular weight is 455 g/mol. The molecule has 0 bridgehead atoms. The minimum absolute atomic E-state index is 0.111. The van der Waals surface area contributed by atoms with Gasteiger partial charge in [-0.2, -0.15) is 9.71 Å². The normalized spacial score (nSPS) is 13.2. The van der Waals surface area contributed by atoms with Crippen molar-refractivity contribution < 1.29 is 12.9 Å². The Morgan fingerprint density at radius 3 is 2.56 bits per heavy atom. The first-order chi connectivity index (χ1) is 15.3.